The van der Waals surface area contributed by atoms with Gasteiger partial charge in [0.25, 0.3) is 0 Å². The first-order valence-corrected chi connectivity index (χ1v) is 11.9. The van der Waals surface area contributed by atoms with Crippen molar-refractivity contribution in [1.29, 1.82) is 0 Å². The van der Waals surface area contributed by atoms with Gasteiger partial charge >= 0.3 is 0 Å². The topological polar surface area (TPSA) is 62.2 Å². The zero-order valence-electron chi connectivity index (χ0n) is 19.4. The fourth-order valence-corrected chi connectivity index (χ4v) is 5.00. The Labute approximate surface area is 193 Å². The molecule has 1 aliphatic carbocycles. The van der Waals surface area contributed by atoms with E-state index < -0.39 is 0 Å². The molecular weight excluding hydrogens is 417 g/mol. The van der Waals surface area contributed by atoms with Gasteiger partial charge in [0, 0.05) is 61.3 Å². The molecule has 2 aromatic heterocycles. The lowest BCUT2D eigenvalue weighted by molar-refractivity contribution is 0.548. The van der Waals surface area contributed by atoms with Crippen molar-refractivity contribution < 1.29 is 4.39 Å². The number of benzene rings is 1. The predicted molar refractivity (Wildman–Crippen MR) is 130 cm³/mol. The van der Waals surface area contributed by atoms with Gasteiger partial charge in [-0.3, -0.25) is 9.78 Å². The van der Waals surface area contributed by atoms with E-state index in [-0.39, 0.29) is 11.2 Å². The molecule has 33 heavy (non-hydrogen) atoms. The Morgan fingerprint density at radius 2 is 2.03 bits per heavy atom. The highest BCUT2D eigenvalue weighted by Crippen LogP contribution is 2.38. The highest BCUT2D eigenvalue weighted by molar-refractivity contribution is 5.84. The molecule has 0 radical (unpaired) electrons. The minimum absolute atomic E-state index is 0.0831. The molecule has 0 unspecified atom stereocenters. The molecule has 1 saturated carbocycles. The normalized spacial score (nSPS) is 18.4. The molecule has 7 heteroatoms. The molecule has 2 N–H and O–H groups in total. The van der Waals surface area contributed by atoms with Crippen molar-refractivity contribution >= 4 is 16.6 Å². The molecule has 5 rings (SSSR count). The molecule has 3 heterocycles. The van der Waals surface area contributed by atoms with Crippen LogP contribution in [-0.2, 0) is 13.1 Å². The van der Waals surface area contributed by atoms with Crippen LogP contribution in [-0.4, -0.2) is 36.2 Å². The van der Waals surface area contributed by atoms with Gasteiger partial charge in [-0.05, 0) is 75.5 Å². The zero-order valence-corrected chi connectivity index (χ0v) is 19.4. The van der Waals surface area contributed by atoms with Gasteiger partial charge in [-0.15, -0.1) is 0 Å². The summed E-state index contributed by atoms with van der Waals surface area (Å²) in [6.45, 7) is 5.69. The lowest BCUT2D eigenvalue weighted by Crippen LogP contribution is -2.25. The van der Waals surface area contributed by atoms with Crippen molar-refractivity contribution in [1.82, 2.24) is 20.2 Å². The quantitative estimate of drug-likeness (QED) is 0.551. The standard InChI is InChI=1S/C26H32FN5O/c1-17-9-18(5-7-30-17)13-29-14-20-16-32(21-3-4-21)24-11-25(23(27)10-22(24)26(20)33)31-8-6-19(15-31)12-28-2/h5,7,9-11,16,19,21,28-29H,3-4,6,8,12-15H2,1-2H3/t19-/m1/s1. The second-order valence-corrected chi connectivity index (χ2v) is 9.51. The lowest BCUT2D eigenvalue weighted by Gasteiger charge is -2.22. The SMILES string of the molecule is CNC[C@H]1CCN(c2cc3c(cc2F)c(=O)c(CNCc2ccnc(C)c2)cn3C2CC2)C1. The van der Waals surface area contributed by atoms with Gasteiger partial charge in [-0.25, -0.2) is 4.39 Å². The van der Waals surface area contributed by atoms with E-state index in [2.05, 4.69) is 25.1 Å². The molecule has 0 spiro atoms. The summed E-state index contributed by atoms with van der Waals surface area (Å²) in [5, 5.41) is 7.08. The van der Waals surface area contributed by atoms with Gasteiger partial charge in [-0.2, -0.15) is 0 Å². The Hall–Kier alpha value is -2.77. The van der Waals surface area contributed by atoms with Crippen LogP contribution in [0.4, 0.5) is 10.1 Å². The van der Waals surface area contributed by atoms with Crippen LogP contribution in [0.25, 0.3) is 10.9 Å². The molecular formula is C26H32FN5O. The summed E-state index contributed by atoms with van der Waals surface area (Å²) in [5.41, 5.74) is 4.17. The fourth-order valence-electron chi connectivity index (χ4n) is 5.00. The highest BCUT2D eigenvalue weighted by atomic mass is 19.1. The number of hydrogen-bond acceptors (Lipinski definition) is 5. The van der Waals surface area contributed by atoms with Gasteiger partial charge in [-0.1, -0.05) is 0 Å². The molecule has 2 aliphatic rings. The van der Waals surface area contributed by atoms with Crippen LogP contribution in [0.3, 0.4) is 0 Å². The number of aromatic nitrogens is 2. The summed E-state index contributed by atoms with van der Waals surface area (Å²) < 4.78 is 17.4. The molecule has 174 valence electrons. The average molecular weight is 450 g/mol. The number of rotatable bonds is 8. The minimum atomic E-state index is -0.301. The van der Waals surface area contributed by atoms with Crippen LogP contribution in [0, 0.1) is 18.7 Å². The lowest BCUT2D eigenvalue weighted by atomic mass is 10.1. The van der Waals surface area contributed by atoms with Crippen molar-refractivity contribution in [3.8, 4) is 0 Å². The first-order valence-electron chi connectivity index (χ1n) is 11.9. The van der Waals surface area contributed by atoms with Crippen molar-refractivity contribution in [3.05, 3.63) is 69.5 Å². The first kappa shape index (κ1) is 22.0. The molecule has 0 bridgehead atoms. The van der Waals surface area contributed by atoms with E-state index in [9.17, 15) is 4.79 Å². The number of halogens is 1. The summed E-state index contributed by atoms with van der Waals surface area (Å²) in [6.07, 6.45) is 7.03. The van der Waals surface area contributed by atoms with E-state index in [1.165, 1.54) is 6.07 Å². The number of pyridine rings is 2. The molecule has 0 amide bonds. The average Bonchev–Trinajstić information content (AvgIpc) is 3.54. The highest BCUT2D eigenvalue weighted by Gasteiger charge is 2.28. The Morgan fingerprint density at radius 3 is 2.79 bits per heavy atom. The summed E-state index contributed by atoms with van der Waals surface area (Å²) in [7, 11) is 1.96. The number of anilines is 1. The second-order valence-electron chi connectivity index (χ2n) is 9.51. The Morgan fingerprint density at radius 1 is 1.18 bits per heavy atom. The molecule has 6 nitrogen and oxygen atoms in total. The molecule has 1 atom stereocenters. The van der Waals surface area contributed by atoms with E-state index >= 15 is 4.39 Å². The van der Waals surface area contributed by atoms with Gasteiger partial charge in [0.15, 0.2) is 5.43 Å². The van der Waals surface area contributed by atoms with Crippen LogP contribution in [0.1, 0.15) is 42.1 Å². The molecule has 1 aromatic carbocycles. The van der Waals surface area contributed by atoms with Crippen molar-refractivity contribution in [2.24, 2.45) is 5.92 Å². The van der Waals surface area contributed by atoms with Crippen LogP contribution >= 0.6 is 0 Å². The molecule has 1 aliphatic heterocycles. The third kappa shape index (κ3) is 4.66. The number of aryl methyl sites for hydroxylation is 1. The first-order chi connectivity index (χ1) is 16.0. The summed E-state index contributed by atoms with van der Waals surface area (Å²) >= 11 is 0. The molecule has 1 saturated heterocycles. The van der Waals surface area contributed by atoms with Gasteiger partial charge in [0.2, 0.25) is 0 Å². The minimum Gasteiger partial charge on any atom is -0.369 e. The maximum atomic E-state index is 15.2. The Balaban J connectivity index is 1.44. The second kappa shape index (κ2) is 9.23. The Kier molecular flexibility index (Phi) is 6.17. The monoisotopic (exact) mass is 449 g/mol. The summed E-state index contributed by atoms with van der Waals surface area (Å²) in [5.74, 6) is 0.220. The van der Waals surface area contributed by atoms with Gasteiger partial charge in [0.1, 0.15) is 5.82 Å². The van der Waals surface area contributed by atoms with Gasteiger partial charge in [0.05, 0.1) is 11.2 Å². The number of hydrogen-bond donors (Lipinski definition) is 2. The Bertz CT molecular complexity index is 1220. The smallest absolute Gasteiger partial charge is 0.193 e. The van der Waals surface area contributed by atoms with Crippen LogP contribution < -0.4 is 21.0 Å². The summed E-state index contributed by atoms with van der Waals surface area (Å²) in [6, 6.07) is 7.77. The zero-order chi connectivity index (χ0) is 22.9. The van der Waals surface area contributed by atoms with Crippen molar-refractivity contribution in [2.75, 3.05) is 31.6 Å². The van der Waals surface area contributed by atoms with Crippen molar-refractivity contribution in [3.63, 3.8) is 0 Å². The molecule has 2 fully saturated rings. The van der Waals surface area contributed by atoms with Crippen LogP contribution in [0.2, 0.25) is 0 Å². The third-order valence-electron chi connectivity index (χ3n) is 6.84. The number of nitrogens with zero attached hydrogens (tertiary/aromatic N) is 3. The fraction of sp³-hybridized carbons (Fsp3) is 0.462. The van der Waals surface area contributed by atoms with E-state index in [4.69, 9.17) is 0 Å². The van der Waals surface area contributed by atoms with Crippen LogP contribution in [0.5, 0.6) is 0 Å². The van der Waals surface area contributed by atoms with E-state index in [0.29, 0.717) is 41.7 Å². The number of fused-ring (bicyclic) bond motifs is 1. The van der Waals surface area contributed by atoms with Gasteiger partial charge < -0.3 is 20.1 Å². The van der Waals surface area contributed by atoms with Crippen LogP contribution in [0.15, 0.2) is 41.5 Å². The third-order valence-corrected chi connectivity index (χ3v) is 6.84. The number of nitrogens with one attached hydrogen (secondary N) is 2. The predicted octanol–water partition coefficient (Wildman–Crippen LogP) is 3.51. The van der Waals surface area contributed by atoms with Crippen molar-refractivity contribution in [2.45, 2.75) is 45.3 Å². The van der Waals surface area contributed by atoms with E-state index in [1.54, 1.807) is 6.20 Å². The maximum Gasteiger partial charge on any atom is 0.193 e. The largest absolute Gasteiger partial charge is 0.369 e. The van der Waals surface area contributed by atoms with E-state index in [0.717, 1.165) is 55.7 Å². The molecule has 3 aromatic rings. The summed E-state index contributed by atoms with van der Waals surface area (Å²) in [4.78, 5) is 19.6. The van der Waals surface area contributed by atoms with E-state index in [1.807, 2.05) is 38.4 Å². The maximum absolute atomic E-state index is 15.2.